The first-order valence-corrected chi connectivity index (χ1v) is 7.73. The highest BCUT2D eigenvalue weighted by atomic mass is 35.5. The standard InChI is InChI=1S/C12H17ClN2O3S/c1-4-15(8(2)3)12(16)9-5-10(13)7-11(6-9)19(14,17)18/h5-8H,4H2,1-3H3,(H2,14,17,18). The van der Waals surface area contributed by atoms with Gasteiger partial charge in [-0.3, -0.25) is 4.79 Å². The number of amides is 1. The predicted octanol–water partition coefficient (Wildman–Crippen LogP) is 1.86. The summed E-state index contributed by atoms with van der Waals surface area (Å²) in [5.74, 6) is -0.273. The van der Waals surface area contributed by atoms with Crippen molar-refractivity contribution in [1.82, 2.24) is 4.90 Å². The van der Waals surface area contributed by atoms with Crippen LogP contribution in [0.15, 0.2) is 23.1 Å². The molecule has 5 nitrogen and oxygen atoms in total. The van der Waals surface area contributed by atoms with E-state index in [0.29, 0.717) is 6.54 Å². The molecule has 0 spiro atoms. The number of rotatable bonds is 4. The molecule has 0 aromatic heterocycles. The largest absolute Gasteiger partial charge is 0.337 e. The van der Waals surface area contributed by atoms with Gasteiger partial charge in [0.05, 0.1) is 4.90 Å². The zero-order chi connectivity index (χ0) is 14.8. The highest BCUT2D eigenvalue weighted by Gasteiger charge is 2.20. The summed E-state index contributed by atoms with van der Waals surface area (Å²) < 4.78 is 22.7. The normalized spacial score (nSPS) is 11.7. The Morgan fingerprint density at radius 3 is 2.37 bits per heavy atom. The molecule has 0 heterocycles. The summed E-state index contributed by atoms with van der Waals surface area (Å²) in [5, 5.41) is 5.21. The molecule has 1 aromatic carbocycles. The molecule has 1 rings (SSSR count). The van der Waals surface area contributed by atoms with Crippen molar-refractivity contribution in [2.24, 2.45) is 5.14 Å². The summed E-state index contributed by atoms with van der Waals surface area (Å²) in [5.41, 5.74) is 0.215. The van der Waals surface area contributed by atoms with Gasteiger partial charge in [0.2, 0.25) is 10.0 Å². The number of benzene rings is 1. The number of hydrogen-bond donors (Lipinski definition) is 1. The van der Waals surface area contributed by atoms with Gasteiger partial charge in [0.15, 0.2) is 0 Å². The molecule has 0 aliphatic rings. The average molecular weight is 305 g/mol. The summed E-state index contributed by atoms with van der Waals surface area (Å²) in [4.78, 5) is 13.7. The van der Waals surface area contributed by atoms with Crippen molar-refractivity contribution in [2.45, 2.75) is 31.7 Å². The first kappa shape index (κ1) is 15.9. The molecule has 0 aliphatic carbocycles. The molecule has 0 unspecified atom stereocenters. The quantitative estimate of drug-likeness (QED) is 0.922. The number of hydrogen-bond acceptors (Lipinski definition) is 3. The number of sulfonamides is 1. The van der Waals surface area contributed by atoms with Crippen molar-refractivity contribution in [3.63, 3.8) is 0 Å². The van der Waals surface area contributed by atoms with E-state index in [1.165, 1.54) is 18.2 Å². The van der Waals surface area contributed by atoms with E-state index in [1.54, 1.807) is 4.90 Å². The molecular formula is C12H17ClN2O3S. The van der Waals surface area contributed by atoms with Gasteiger partial charge < -0.3 is 4.90 Å². The third-order valence-electron chi connectivity index (χ3n) is 2.67. The zero-order valence-electron chi connectivity index (χ0n) is 11.1. The van der Waals surface area contributed by atoms with Crippen LogP contribution in [0.4, 0.5) is 0 Å². The fourth-order valence-corrected chi connectivity index (χ4v) is 2.64. The summed E-state index contributed by atoms with van der Waals surface area (Å²) in [6.45, 7) is 6.13. The Labute approximate surface area is 118 Å². The van der Waals surface area contributed by atoms with Gasteiger partial charge in [-0.2, -0.15) is 0 Å². The Balaban J connectivity index is 3.28. The Kier molecular flexibility index (Phi) is 4.95. The van der Waals surface area contributed by atoms with Gasteiger partial charge in [0, 0.05) is 23.2 Å². The fraction of sp³-hybridized carbons (Fsp3) is 0.417. The lowest BCUT2D eigenvalue weighted by Gasteiger charge is -2.25. The third-order valence-corrected chi connectivity index (χ3v) is 3.78. The van der Waals surface area contributed by atoms with Crippen LogP contribution in [-0.4, -0.2) is 31.8 Å². The molecule has 19 heavy (non-hydrogen) atoms. The van der Waals surface area contributed by atoms with Crippen molar-refractivity contribution in [3.8, 4) is 0 Å². The van der Waals surface area contributed by atoms with E-state index < -0.39 is 10.0 Å². The number of nitrogens with zero attached hydrogens (tertiary/aromatic N) is 1. The molecule has 1 amide bonds. The van der Waals surface area contributed by atoms with Crippen molar-refractivity contribution >= 4 is 27.5 Å². The molecule has 2 N–H and O–H groups in total. The lowest BCUT2D eigenvalue weighted by molar-refractivity contribution is 0.0716. The van der Waals surface area contributed by atoms with Gasteiger partial charge in [0.1, 0.15) is 0 Å². The average Bonchev–Trinajstić information content (AvgIpc) is 2.27. The minimum Gasteiger partial charge on any atom is -0.337 e. The molecule has 1 aromatic rings. The number of halogens is 1. The van der Waals surface area contributed by atoms with Crippen LogP contribution >= 0.6 is 11.6 Å². The Hall–Kier alpha value is -1.11. The highest BCUT2D eigenvalue weighted by Crippen LogP contribution is 2.20. The van der Waals surface area contributed by atoms with Crippen LogP contribution in [0.25, 0.3) is 0 Å². The summed E-state index contributed by atoms with van der Waals surface area (Å²) in [6.07, 6.45) is 0. The van der Waals surface area contributed by atoms with Gasteiger partial charge in [0.25, 0.3) is 5.91 Å². The van der Waals surface area contributed by atoms with Gasteiger partial charge >= 0.3 is 0 Å². The summed E-state index contributed by atoms with van der Waals surface area (Å²) >= 11 is 5.84. The first-order valence-electron chi connectivity index (χ1n) is 5.81. The summed E-state index contributed by atoms with van der Waals surface area (Å²) in [7, 11) is -3.89. The lowest BCUT2D eigenvalue weighted by Crippen LogP contribution is -2.36. The van der Waals surface area contributed by atoms with Crippen LogP contribution < -0.4 is 5.14 Å². The number of carbonyl (C=O) groups excluding carboxylic acids is 1. The summed E-state index contributed by atoms with van der Waals surface area (Å²) in [6, 6.07) is 3.91. The zero-order valence-corrected chi connectivity index (χ0v) is 12.6. The van der Waals surface area contributed by atoms with Gasteiger partial charge in [-0.1, -0.05) is 11.6 Å². The number of carbonyl (C=O) groups is 1. The van der Waals surface area contributed by atoms with Crippen LogP contribution in [0.5, 0.6) is 0 Å². The molecule has 7 heteroatoms. The smallest absolute Gasteiger partial charge is 0.254 e. The van der Waals surface area contributed by atoms with E-state index in [1.807, 2.05) is 20.8 Å². The molecule has 0 atom stereocenters. The van der Waals surface area contributed by atoms with Crippen LogP contribution in [0.3, 0.4) is 0 Å². The van der Waals surface area contributed by atoms with E-state index >= 15 is 0 Å². The van der Waals surface area contributed by atoms with Gasteiger partial charge in [-0.25, -0.2) is 13.6 Å². The van der Waals surface area contributed by atoms with Gasteiger partial charge in [-0.15, -0.1) is 0 Å². The topological polar surface area (TPSA) is 80.5 Å². The van der Waals surface area contributed by atoms with Gasteiger partial charge in [-0.05, 0) is 39.0 Å². The maximum atomic E-state index is 12.3. The Morgan fingerprint density at radius 1 is 1.37 bits per heavy atom. The molecule has 0 radical (unpaired) electrons. The van der Waals surface area contributed by atoms with E-state index in [4.69, 9.17) is 16.7 Å². The molecule has 0 aliphatic heterocycles. The second-order valence-electron chi connectivity index (χ2n) is 4.41. The van der Waals surface area contributed by atoms with Crippen LogP contribution in [0, 0.1) is 0 Å². The third kappa shape index (κ3) is 3.92. The van der Waals surface area contributed by atoms with Crippen molar-refractivity contribution in [2.75, 3.05) is 6.54 Å². The first-order chi connectivity index (χ1) is 8.66. The minimum atomic E-state index is -3.89. The number of primary sulfonamides is 1. The fourth-order valence-electron chi connectivity index (χ4n) is 1.76. The monoisotopic (exact) mass is 304 g/mol. The van der Waals surface area contributed by atoms with Crippen molar-refractivity contribution < 1.29 is 13.2 Å². The van der Waals surface area contributed by atoms with Crippen molar-refractivity contribution in [3.05, 3.63) is 28.8 Å². The SMILES string of the molecule is CCN(C(=O)c1cc(Cl)cc(S(N)(=O)=O)c1)C(C)C. The second-order valence-corrected chi connectivity index (χ2v) is 6.40. The van der Waals surface area contributed by atoms with E-state index in [9.17, 15) is 13.2 Å². The van der Waals surface area contributed by atoms with E-state index in [0.717, 1.165) is 0 Å². The van der Waals surface area contributed by atoms with Crippen LogP contribution in [-0.2, 0) is 10.0 Å². The highest BCUT2D eigenvalue weighted by molar-refractivity contribution is 7.89. The van der Waals surface area contributed by atoms with Crippen molar-refractivity contribution in [1.29, 1.82) is 0 Å². The molecule has 0 bridgehead atoms. The predicted molar refractivity (Wildman–Crippen MR) is 74.7 cm³/mol. The second kappa shape index (κ2) is 5.90. The number of nitrogens with two attached hydrogens (primary N) is 1. The molecule has 0 saturated carbocycles. The van der Waals surface area contributed by atoms with E-state index in [2.05, 4.69) is 0 Å². The Bertz CT molecular complexity index is 585. The van der Waals surface area contributed by atoms with E-state index in [-0.39, 0.29) is 27.4 Å². The molecule has 0 saturated heterocycles. The van der Waals surface area contributed by atoms with Crippen LogP contribution in [0.2, 0.25) is 5.02 Å². The molecular weight excluding hydrogens is 288 g/mol. The van der Waals surface area contributed by atoms with Crippen LogP contribution in [0.1, 0.15) is 31.1 Å². The lowest BCUT2D eigenvalue weighted by atomic mass is 10.1. The minimum absolute atomic E-state index is 0.00872. The molecule has 0 fully saturated rings. The maximum absolute atomic E-state index is 12.3. The Morgan fingerprint density at radius 2 is 1.95 bits per heavy atom. The maximum Gasteiger partial charge on any atom is 0.254 e. The molecule has 106 valence electrons.